The maximum Gasteiger partial charge on any atom is 0.224 e. The van der Waals surface area contributed by atoms with E-state index in [4.69, 9.17) is 4.74 Å². The Kier molecular flexibility index (Phi) is 5.62. The molecule has 1 N–H and O–H groups in total. The minimum Gasteiger partial charge on any atom is -0.504 e. The summed E-state index contributed by atoms with van der Waals surface area (Å²) in [7, 11) is 1.47. The summed E-state index contributed by atoms with van der Waals surface area (Å²) in [5.74, 6) is -2.11. The number of carbonyl (C=O) groups is 3. The van der Waals surface area contributed by atoms with Crippen molar-refractivity contribution in [2.24, 2.45) is 22.7 Å². The van der Waals surface area contributed by atoms with E-state index in [0.29, 0.717) is 12.0 Å². The standard InChI is InChI=1S/C21H30O5/c1-12(2)13-10-14(22)16(18(25)17(13)24)21(5)9-7-8-20(3,4)19(21)15(23)11-26-6/h10,12,19,25H,7-9,11H2,1-6H3/t19?,21-/m1/s1. The highest BCUT2D eigenvalue weighted by Gasteiger charge is 2.55. The number of aliphatic hydroxyl groups is 1. The van der Waals surface area contributed by atoms with Gasteiger partial charge in [-0.15, -0.1) is 0 Å². The van der Waals surface area contributed by atoms with Gasteiger partial charge in [-0.1, -0.05) is 41.0 Å². The van der Waals surface area contributed by atoms with Gasteiger partial charge >= 0.3 is 0 Å². The number of methoxy groups -OCH3 is 1. The molecule has 2 rings (SSSR count). The van der Waals surface area contributed by atoms with Crippen molar-refractivity contribution in [1.29, 1.82) is 0 Å². The molecule has 0 radical (unpaired) electrons. The molecule has 2 aliphatic carbocycles. The fourth-order valence-corrected chi connectivity index (χ4v) is 4.98. The number of aliphatic hydroxyl groups excluding tert-OH is 1. The molecule has 2 aliphatic rings. The van der Waals surface area contributed by atoms with Crippen LogP contribution < -0.4 is 0 Å². The summed E-state index contributed by atoms with van der Waals surface area (Å²) in [6.45, 7) is 9.41. The van der Waals surface area contributed by atoms with Crippen molar-refractivity contribution in [2.75, 3.05) is 13.7 Å². The van der Waals surface area contributed by atoms with Crippen LogP contribution in [0, 0.1) is 22.7 Å². The third-order valence-electron chi connectivity index (χ3n) is 5.98. The van der Waals surface area contributed by atoms with E-state index in [1.165, 1.54) is 13.2 Å². The van der Waals surface area contributed by atoms with Crippen LogP contribution in [0.1, 0.15) is 53.9 Å². The highest BCUT2D eigenvalue weighted by molar-refractivity contribution is 6.22. The minimum absolute atomic E-state index is 0.0487. The van der Waals surface area contributed by atoms with Crippen LogP contribution in [0.25, 0.3) is 0 Å². The van der Waals surface area contributed by atoms with Crippen molar-refractivity contribution < 1.29 is 24.2 Å². The molecule has 0 amide bonds. The van der Waals surface area contributed by atoms with E-state index in [-0.39, 0.29) is 35.1 Å². The maximum atomic E-state index is 12.9. The quantitative estimate of drug-likeness (QED) is 0.756. The van der Waals surface area contributed by atoms with Crippen molar-refractivity contribution in [3.63, 3.8) is 0 Å². The average molecular weight is 362 g/mol. The molecule has 0 bridgehead atoms. The van der Waals surface area contributed by atoms with E-state index < -0.39 is 22.9 Å². The van der Waals surface area contributed by atoms with Gasteiger partial charge in [-0.2, -0.15) is 0 Å². The van der Waals surface area contributed by atoms with Crippen molar-refractivity contribution in [3.8, 4) is 0 Å². The molecular formula is C21H30O5. The lowest BCUT2D eigenvalue weighted by atomic mass is 9.51. The lowest BCUT2D eigenvalue weighted by Crippen LogP contribution is -2.50. The Hall–Kier alpha value is -1.75. The summed E-state index contributed by atoms with van der Waals surface area (Å²) < 4.78 is 5.06. The summed E-state index contributed by atoms with van der Waals surface area (Å²) in [6, 6.07) is 0. The number of Topliss-reactive ketones (excluding diaryl/α,β-unsaturated/α-hetero) is 2. The van der Waals surface area contributed by atoms with E-state index in [2.05, 4.69) is 0 Å². The molecular weight excluding hydrogens is 332 g/mol. The van der Waals surface area contributed by atoms with E-state index in [1.807, 2.05) is 34.6 Å². The van der Waals surface area contributed by atoms with Crippen LogP contribution in [0.4, 0.5) is 0 Å². The topological polar surface area (TPSA) is 80.7 Å². The van der Waals surface area contributed by atoms with Gasteiger partial charge in [0.1, 0.15) is 6.61 Å². The Morgan fingerprint density at radius 1 is 1.27 bits per heavy atom. The molecule has 0 saturated heterocycles. The second-order valence-electron chi connectivity index (χ2n) is 8.76. The SMILES string of the molecule is COCC(=O)C1C(C)(C)CCC[C@]1(C)C1=C(O)C(=O)C(C(C)C)=CC1=O. The number of rotatable bonds is 5. The Balaban J connectivity index is 2.60. The number of ketones is 3. The smallest absolute Gasteiger partial charge is 0.224 e. The first-order chi connectivity index (χ1) is 12.0. The Morgan fingerprint density at radius 3 is 2.42 bits per heavy atom. The first-order valence-corrected chi connectivity index (χ1v) is 9.23. The van der Waals surface area contributed by atoms with Crippen molar-refractivity contribution in [1.82, 2.24) is 0 Å². The van der Waals surface area contributed by atoms with Crippen LogP contribution in [-0.4, -0.2) is 36.2 Å². The van der Waals surface area contributed by atoms with Crippen LogP contribution in [0.2, 0.25) is 0 Å². The van der Waals surface area contributed by atoms with Crippen molar-refractivity contribution in [2.45, 2.75) is 53.9 Å². The number of carbonyl (C=O) groups excluding carboxylic acids is 3. The molecule has 0 heterocycles. The second kappa shape index (κ2) is 7.10. The van der Waals surface area contributed by atoms with Gasteiger partial charge in [0.2, 0.25) is 5.78 Å². The van der Waals surface area contributed by atoms with E-state index in [9.17, 15) is 19.5 Å². The molecule has 1 saturated carbocycles. The zero-order valence-corrected chi connectivity index (χ0v) is 16.6. The minimum atomic E-state index is -0.896. The highest BCUT2D eigenvalue weighted by atomic mass is 16.5. The van der Waals surface area contributed by atoms with Gasteiger partial charge in [-0.25, -0.2) is 0 Å². The lowest BCUT2D eigenvalue weighted by Gasteiger charge is -2.50. The number of ether oxygens (including phenoxy) is 1. The Labute approximate surface area is 155 Å². The highest BCUT2D eigenvalue weighted by Crippen LogP contribution is 2.56. The van der Waals surface area contributed by atoms with Crippen LogP contribution >= 0.6 is 0 Å². The fraction of sp³-hybridized carbons (Fsp3) is 0.667. The first-order valence-electron chi connectivity index (χ1n) is 9.23. The van der Waals surface area contributed by atoms with Crippen molar-refractivity contribution >= 4 is 17.3 Å². The predicted molar refractivity (Wildman–Crippen MR) is 98.7 cm³/mol. The molecule has 0 spiro atoms. The summed E-state index contributed by atoms with van der Waals surface area (Å²) in [4.78, 5) is 38.4. The molecule has 26 heavy (non-hydrogen) atoms. The summed E-state index contributed by atoms with van der Waals surface area (Å²) >= 11 is 0. The molecule has 5 heteroatoms. The van der Waals surface area contributed by atoms with Gasteiger partial charge in [0.05, 0.1) is 5.57 Å². The molecule has 0 aromatic carbocycles. The van der Waals surface area contributed by atoms with E-state index in [1.54, 1.807) is 0 Å². The zero-order valence-electron chi connectivity index (χ0n) is 16.6. The van der Waals surface area contributed by atoms with Crippen molar-refractivity contribution in [3.05, 3.63) is 23.0 Å². The van der Waals surface area contributed by atoms with Crippen LogP contribution in [0.3, 0.4) is 0 Å². The monoisotopic (exact) mass is 362 g/mol. The summed E-state index contributed by atoms with van der Waals surface area (Å²) in [5.41, 5.74) is -0.849. The zero-order chi connectivity index (χ0) is 19.9. The third kappa shape index (κ3) is 3.29. The predicted octanol–water partition coefficient (Wildman–Crippen LogP) is 3.58. The molecule has 2 atom stereocenters. The normalized spacial score (nSPS) is 29.2. The average Bonchev–Trinajstić information content (AvgIpc) is 2.49. The van der Waals surface area contributed by atoms with Gasteiger partial charge in [0, 0.05) is 24.0 Å². The third-order valence-corrected chi connectivity index (χ3v) is 5.98. The largest absolute Gasteiger partial charge is 0.504 e. The molecule has 1 fully saturated rings. The maximum absolute atomic E-state index is 12.9. The Morgan fingerprint density at radius 2 is 1.88 bits per heavy atom. The van der Waals surface area contributed by atoms with Gasteiger partial charge in [-0.3, -0.25) is 14.4 Å². The van der Waals surface area contributed by atoms with Gasteiger partial charge < -0.3 is 9.84 Å². The summed E-state index contributed by atoms with van der Waals surface area (Å²) in [5, 5.41) is 10.7. The number of hydrogen-bond donors (Lipinski definition) is 1. The van der Waals surface area contributed by atoms with Gasteiger partial charge in [-0.05, 0) is 30.3 Å². The molecule has 0 aromatic heterocycles. The second-order valence-corrected chi connectivity index (χ2v) is 8.76. The first kappa shape index (κ1) is 20.6. The number of hydrogen-bond acceptors (Lipinski definition) is 5. The van der Waals surface area contributed by atoms with Gasteiger partial charge in [0.15, 0.2) is 17.3 Å². The molecule has 0 aromatic rings. The molecule has 5 nitrogen and oxygen atoms in total. The van der Waals surface area contributed by atoms with Crippen LogP contribution in [0.15, 0.2) is 23.0 Å². The number of allylic oxidation sites excluding steroid dienone is 3. The molecule has 1 unspecified atom stereocenters. The van der Waals surface area contributed by atoms with Crippen LogP contribution in [0.5, 0.6) is 0 Å². The van der Waals surface area contributed by atoms with E-state index >= 15 is 0 Å². The van der Waals surface area contributed by atoms with Gasteiger partial charge in [0.25, 0.3) is 0 Å². The molecule has 0 aliphatic heterocycles. The summed E-state index contributed by atoms with van der Waals surface area (Å²) in [6.07, 6.45) is 3.57. The molecule has 144 valence electrons. The Bertz CT molecular complexity index is 695. The lowest BCUT2D eigenvalue weighted by molar-refractivity contribution is -0.139. The van der Waals surface area contributed by atoms with E-state index in [0.717, 1.165) is 12.8 Å². The van der Waals surface area contributed by atoms with Crippen LogP contribution in [-0.2, 0) is 19.1 Å². The fourth-order valence-electron chi connectivity index (χ4n) is 4.98.